The highest BCUT2D eigenvalue weighted by molar-refractivity contribution is 7.89. The third kappa shape index (κ3) is 3.29. The van der Waals surface area contributed by atoms with Gasteiger partial charge in [-0.15, -0.1) is 0 Å². The number of hydrogen-bond donors (Lipinski definition) is 1. The number of fused-ring (bicyclic) bond motifs is 3. The third-order valence-electron chi connectivity index (χ3n) is 5.23. The van der Waals surface area contributed by atoms with Crippen LogP contribution in [-0.4, -0.2) is 49.1 Å². The zero-order chi connectivity index (χ0) is 19.9. The summed E-state index contributed by atoms with van der Waals surface area (Å²) in [5.41, 5.74) is 2.70. The lowest BCUT2D eigenvalue weighted by molar-refractivity contribution is -0.138. The van der Waals surface area contributed by atoms with E-state index in [1.54, 1.807) is 17.0 Å². The van der Waals surface area contributed by atoms with Crippen LogP contribution in [0.25, 0.3) is 0 Å². The van der Waals surface area contributed by atoms with Crippen molar-refractivity contribution in [3.63, 3.8) is 0 Å². The molecule has 7 nitrogen and oxygen atoms in total. The molecule has 2 amide bonds. The maximum Gasteiger partial charge on any atom is 0.243 e. The van der Waals surface area contributed by atoms with Gasteiger partial charge in [0.05, 0.1) is 17.5 Å². The van der Waals surface area contributed by atoms with Gasteiger partial charge in [0.15, 0.2) is 0 Å². The Morgan fingerprint density at radius 1 is 1.11 bits per heavy atom. The summed E-state index contributed by atoms with van der Waals surface area (Å²) in [5.74, 6) is -0.405. The average Bonchev–Trinajstić information content (AvgIpc) is 2.67. The first-order valence-electron chi connectivity index (χ1n) is 9.11. The quantitative estimate of drug-likeness (QED) is 0.852. The minimum absolute atomic E-state index is 0.104. The van der Waals surface area contributed by atoms with Crippen LogP contribution in [0.1, 0.15) is 24.1 Å². The molecule has 2 aromatic carbocycles. The molecular formula is C20H21N3O4S. The van der Waals surface area contributed by atoms with E-state index >= 15 is 0 Å². The van der Waals surface area contributed by atoms with Crippen LogP contribution in [0, 0.1) is 0 Å². The Bertz CT molecular complexity index is 1030. The fraction of sp³-hybridized carbons (Fsp3) is 0.300. The second kappa shape index (κ2) is 7.03. The predicted molar refractivity (Wildman–Crippen MR) is 104 cm³/mol. The first-order chi connectivity index (χ1) is 13.4. The van der Waals surface area contributed by atoms with Crippen LogP contribution in [0.15, 0.2) is 53.4 Å². The van der Waals surface area contributed by atoms with Crippen molar-refractivity contribution in [3.8, 4) is 0 Å². The summed E-state index contributed by atoms with van der Waals surface area (Å²) in [6.45, 7) is 2.07. The molecule has 1 atom stereocenters. The van der Waals surface area contributed by atoms with Crippen molar-refractivity contribution in [2.45, 2.75) is 24.3 Å². The van der Waals surface area contributed by atoms with Gasteiger partial charge in [-0.3, -0.25) is 9.59 Å². The number of rotatable bonds is 3. The molecule has 0 bridgehead atoms. The molecule has 1 saturated heterocycles. The first-order valence-corrected chi connectivity index (χ1v) is 10.6. The molecular weight excluding hydrogens is 378 g/mol. The largest absolute Gasteiger partial charge is 0.333 e. The molecule has 8 heteroatoms. The Balaban J connectivity index is 1.62. The molecule has 0 spiro atoms. The van der Waals surface area contributed by atoms with Crippen LogP contribution in [0.3, 0.4) is 0 Å². The summed E-state index contributed by atoms with van der Waals surface area (Å²) in [7, 11) is -3.82. The van der Waals surface area contributed by atoms with Crippen molar-refractivity contribution in [1.82, 2.24) is 9.21 Å². The van der Waals surface area contributed by atoms with Crippen molar-refractivity contribution < 1.29 is 18.0 Å². The van der Waals surface area contributed by atoms with E-state index in [0.29, 0.717) is 12.2 Å². The number of anilines is 1. The van der Waals surface area contributed by atoms with Crippen molar-refractivity contribution >= 4 is 27.5 Å². The highest BCUT2D eigenvalue weighted by Crippen LogP contribution is 2.34. The van der Waals surface area contributed by atoms with E-state index in [1.165, 1.54) is 23.4 Å². The van der Waals surface area contributed by atoms with Gasteiger partial charge in [-0.25, -0.2) is 8.42 Å². The van der Waals surface area contributed by atoms with Gasteiger partial charge in [0, 0.05) is 25.7 Å². The molecule has 0 radical (unpaired) electrons. The fourth-order valence-corrected chi connectivity index (χ4v) is 5.29. The van der Waals surface area contributed by atoms with E-state index in [4.69, 9.17) is 0 Å². The number of nitrogens with one attached hydrogen (secondary N) is 1. The SMILES string of the molecule is CC(=O)Nc1ccc(S(=O)(=O)N2CC(=O)N3CCc4ccccc4[C@@H]3C2)cc1. The van der Waals surface area contributed by atoms with E-state index in [9.17, 15) is 18.0 Å². The van der Waals surface area contributed by atoms with Gasteiger partial charge in [-0.2, -0.15) is 4.31 Å². The molecule has 0 saturated carbocycles. The summed E-state index contributed by atoms with van der Waals surface area (Å²) in [6, 6.07) is 13.6. The molecule has 146 valence electrons. The van der Waals surface area contributed by atoms with Crippen LogP contribution < -0.4 is 5.32 Å². The van der Waals surface area contributed by atoms with Gasteiger partial charge in [-0.05, 0) is 41.8 Å². The molecule has 2 aromatic rings. The monoisotopic (exact) mass is 399 g/mol. The van der Waals surface area contributed by atoms with E-state index in [-0.39, 0.29) is 35.8 Å². The van der Waals surface area contributed by atoms with Crippen LogP contribution in [0.5, 0.6) is 0 Å². The van der Waals surface area contributed by atoms with E-state index in [0.717, 1.165) is 17.5 Å². The van der Waals surface area contributed by atoms with Crippen molar-refractivity contribution in [2.24, 2.45) is 0 Å². The Kier molecular flexibility index (Phi) is 4.68. The van der Waals surface area contributed by atoms with Crippen LogP contribution >= 0.6 is 0 Å². The van der Waals surface area contributed by atoms with Gasteiger partial charge in [0.2, 0.25) is 21.8 Å². The zero-order valence-electron chi connectivity index (χ0n) is 15.5. The number of carbonyl (C=O) groups excluding carboxylic acids is 2. The molecule has 2 heterocycles. The van der Waals surface area contributed by atoms with Crippen LogP contribution in [0.2, 0.25) is 0 Å². The molecule has 0 aromatic heterocycles. The standard InChI is InChI=1S/C20H21N3O4S/c1-14(24)21-16-6-8-17(9-7-16)28(26,27)22-12-19-18-5-3-2-4-15(18)10-11-23(19)20(25)13-22/h2-9,19H,10-13H2,1H3,(H,21,24)/t19-/m0/s1. The predicted octanol–water partition coefficient (Wildman–Crippen LogP) is 1.78. The van der Waals surface area contributed by atoms with Crippen molar-refractivity contribution in [3.05, 3.63) is 59.7 Å². The lowest BCUT2D eigenvalue weighted by Gasteiger charge is -2.44. The Hall–Kier alpha value is -2.71. The number of carbonyl (C=O) groups is 2. The first kappa shape index (κ1) is 18.6. The van der Waals surface area contributed by atoms with Gasteiger partial charge < -0.3 is 10.2 Å². The minimum atomic E-state index is -3.82. The Morgan fingerprint density at radius 3 is 2.54 bits per heavy atom. The van der Waals surface area contributed by atoms with Gasteiger partial charge in [0.1, 0.15) is 0 Å². The maximum atomic E-state index is 13.1. The van der Waals surface area contributed by atoms with Crippen LogP contribution in [-0.2, 0) is 26.0 Å². The number of amides is 2. The summed E-state index contributed by atoms with van der Waals surface area (Å²) in [5, 5.41) is 2.61. The highest BCUT2D eigenvalue weighted by Gasteiger charge is 2.41. The number of nitrogens with zero attached hydrogens (tertiary/aromatic N) is 2. The van der Waals surface area contributed by atoms with Crippen molar-refractivity contribution in [1.29, 1.82) is 0 Å². The second-order valence-corrected chi connectivity index (χ2v) is 8.99. The van der Waals surface area contributed by atoms with Gasteiger partial charge in [-0.1, -0.05) is 24.3 Å². The molecule has 2 aliphatic heterocycles. The fourth-order valence-electron chi connectivity index (χ4n) is 3.89. The van der Waals surface area contributed by atoms with E-state index in [1.807, 2.05) is 24.3 Å². The number of sulfonamides is 1. The topological polar surface area (TPSA) is 86.8 Å². The number of benzene rings is 2. The summed E-state index contributed by atoms with van der Waals surface area (Å²) in [4.78, 5) is 25.7. The number of piperazine rings is 1. The van der Waals surface area contributed by atoms with E-state index < -0.39 is 10.0 Å². The zero-order valence-corrected chi connectivity index (χ0v) is 16.3. The van der Waals surface area contributed by atoms with Gasteiger partial charge >= 0.3 is 0 Å². The number of hydrogen-bond acceptors (Lipinski definition) is 4. The summed E-state index contributed by atoms with van der Waals surface area (Å²) < 4.78 is 27.5. The normalized spacial score (nSPS) is 19.7. The minimum Gasteiger partial charge on any atom is -0.333 e. The molecule has 0 aliphatic carbocycles. The molecule has 1 N–H and O–H groups in total. The van der Waals surface area contributed by atoms with Gasteiger partial charge in [0.25, 0.3) is 0 Å². The van der Waals surface area contributed by atoms with E-state index in [2.05, 4.69) is 5.32 Å². The molecule has 2 aliphatic rings. The summed E-state index contributed by atoms with van der Waals surface area (Å²) in [6.07, 6.45) is 0.787. The van der Waals surface area contributed by atoms with Crippen molar-refractivity contribution in [2.75, 3.05) is 25.0 Å². The second-order valence-electron chi connectivity index (χ2n) is 7.05. The highest BCUT2D eigenvalue weighted by atomic mass is 32.2. The lowest BCUT2D eigenvalue weighted by Crippen LogP contribution is -2.55. The summed E-state index contributed by atoms with van der Waals surface area (Å²) >= 11 is 0. The van der Waals surface area contributed by atoms with Crippen LogP contribution in [0.4, 0.5) is 5.69 Å². The molecule has 4 rings (SSSR count). The lowest BCUT2D eigenvalue weighted by atomic mass is 9.91. The maximum absolute atomic E-state index is 13.1. The molecule has 0 unspecified atom stereocenters. The Morgan fingerprint density at radius 2 is 1.82 bits per heavy atom. The smallest absolute Gasteiger partial charge is 0.243 e. The molecule has 1 fully saturated rings. The average molecular weight is 399 g/mol. The Labute approximate surface area is 164 Å². The third-order valence-corrected chi connectivity index (χ3v) is 7.06. The molecule has 28 heavy (non-hydrogen) atoms.